The molecule has 0 fully saturated rings. The molecule has 3 N–H and O–H groups in total. The zero-order chi connectivity index (χ0) is 21.5. The summed E-state index contributed by atoms with van der Waals surface area (Å²) in [6.07, 6.45) is 1.38. The molecule has 0 saturated heterocycles. The molecule has 154 valence electrons. The van der Waals surface area contributed by atoms with Crippen molar-refractivity contribution in [3.8, 4) is 17.2 Å². The molecule has 30 heavy (non-hydrogen) atoms. The number of nitrogens with one attached hydrogen (secondary N) is 2. The van der Waals surface area contributed by atoms with Gasteiger partial charge in [-0.2, -0.15) is 5.10 Å². The topological polar surface area (TPSA) is 109 Å². The lowest BCUT2D eigenvalue weighted by Crippen LogP contribution is -2.21. The van der Waals surface area contributed by atoms with E-state index in [0.717, 1.165) is 0 Å². The van der Waals surface area contributed by atoms with Gasteiger partial charge in [0.05, 0.1) is 36.6 Å². The molecule has 3 aromatic rings. The van der Waals surface area contributed by atoms with Gasteiger partial charge in [-0.25, -0.2) is 5.43 Å². The van der Waals surface area contributed by atoms with Gasteiger partial charge in [-0.1, -0.05) is 18.2 Å². The Morgan fingerprint density at radius 2 is 1.73 bits per heavy atom. The first kappa shape index (κ1) is 20.9. The molecular formula is C21H19N3O5S. The molecule has 0 atom stereocenters. The monoisotopic (exact) mass is 425 g/mol. The second-order valence-electron chi connectivity index (χ2n) is 5.95. The van der Waals surface area contributed by atoms with Crippen molar-refractivity contribution in [1.82, 2.24) is 5.43 Å². The zero-order valence-corrected chi connectivity index (χ0v) is 17.0. The first-order chi connectivity index (χ1) is 14.5. The lowest BCUT2D eigenvalue weighted by atomic mass is 10.1. The molecule has 0 spiro atoms. The minimum atomic E-state index is -0.494. The minimum absolute atomic E-state index is 0.128. The Balaban J connectivity index is 1.73. The Bertz CT molecular complexity index is 1060. The van der Waals surface area contributed by atoms with E-state index in [9.17, 15) is 14.7 Å². The Hall–Kier alpha value is -3.85. The highest BCUT2D eigenvalue weighted by Crippen LogP contribution is 2.36. The zero-order valence-electron chi connectivity index (χ0n) is 16.2. The fraction of sp³-hybridized carbons (Fsp3) is 0.0952. The summed E-state index contributed by atoms with van der Waals surface area (Å²) in [5.74, 6) is -0.493. The van der Waals surface area contributed by atoms with Crippen LogP contribution in [0.5, 0.6) is 17.2 Å². The average molecular weight is 425 g/mol. The number of amides is 2. The summed E-state index contributed by atoms with van der Waals surface area (Å²) < 4.78 is 10.2. The lowest BCUT2D eigenvalue weighted by molar-refractivity contribution is 0.0956. The number of phenols is 1. The molecule has 0 aliphatic carbocycles. The predicted octanol–water partition coefficient (Wildman–Crippen LogP) is 3.49. The van der Waals surface area contributed by atoms with Gasteiger partial charge in [-0.3, -0.25) is 9.59 Å². The van der Waals surface area contributed by atoms with Crippen molar-refractivity contribution < 1.29 is 24.2 Å². The maximum atomic E-state index is 12.6. The van der Waals surface area contributed by atoms with Gasteiger partial charge in [0.2, 0.25) is 5.75 Å². The van der Waals surface area contributed by atoms with E-state index in [2.05, 4.69) is 15.8 Å². The number of methoxy groups -OCH3 is 2. The van der Waals surface area contributed by atoms with Crippen molar-refractivity contribution in [2.75, 3.05) is 19.5 Å². The SMILES string of the molecule is COc1cc(C=NNC(=O)c2ccccc2NC(=O)c2cccs2)cc(OC)c1O. The molecule has 1 heterocycles. The van der Waals surface area contributed by atoms with Crippen LogP contribution in [-0.2, 0) is 0 Å². The lowest BCUT2D eigenvalue weighted by Gasteiger charge is -2.10. The maximum Gasteiger partial charge on any atom is 0.273 e. The van der Waals surface area contributed by atoms with E-state index in [4.69, 9.17) is 9.47 Å². The van der Waals surface area contributed by atoms with Crippen LogP contribution in [0, 0.1) is 0 Å². The number of carbonyl (C=O) groups is 2. The van der Waals surface area contributed by atoms with Gasteiger partial charge in [0.25, 0.3) is 11.8 Å². The molecule has 9 heteroatoms. The fourth-order valence-electron chi connectivity index (χ4n) is 2.60. The third-order valence-electron chi connectivity index (χ3n) is 4.05. The van der Waals surface area contributed by atoms with Crippen LogP contribution in [0.15, 0.2) is 59.0 Å². The molecule has 2 amide bonds. The molecule has 0 unspecified atom stereocenters. The largest absolute Gasteiger partial charge is 0.502 e. The average Bonchev–Trinajstić information content (AvgIpc) is 3.30. The number of hydrogen-bond acceptors (Lipinski definition) is 7. The van der Waals surface area contributed by atoms with E-state index >= 15 is 0 Å². The Morgan fingerprint density at radius 3 is 2.37 bits per heavy atom. The molecule has 0 bridgehead atoms. The highest BCUT2D eigenvalue weighted by Gasteiger charge is 2.14. The smallest absolute Gasteiger partial charge is 0.273 e. The predicted molar refractivity (Wildman–Crippen MR) is 115 cm³/mol. The summed E-state index contributed by atoms with van der Waals surface area (Å²) in [5, 5.41) is 18.4. The molecule has 8 nitrogen and oxygen atoms in total. The van der Waals surface area contributed by atoms with E-state index in [1.807, 2.05) is 0 Å². The first-order valence-electron chi connectivity index (χ1n) is 8.75. The van der Waals surface area contributed by atoms with E-state index in [-0.39, 0.29) is 28.7 Å². The quantitative estimate of drug-likeness (QED) is 0.397. The molecule has 0 saturated carbocycles. The number of para-hydroxylation sites is 1. The van der Waals surface area contributed by atoms with Crippen LogP contribution in [0.4, 0.5) is 5.69 Å². The van der Waals surface area contributed by atoms with Gasteiger partial charge < -0.3 is 19.9 Å². The Labute approximate surface area is 176 Å². The van der Waals surface area contributed by atoms with Gasteiger partial charge in [-0.05, 0) is 35.7 Å². The summed E-state index contributed by atoms with van der Waals surface area (Å²) in [5.41, 5.74) is 3.60. The van der Waals surface area contributed by atoms with E-state index in [1.54, 1.807) is 53.9 Å². The highest BCUT2D eigenvalue weighted by molar-refractivity contribution is 7.12. The van der Waals surface area contributed by atoms with Crippen LogP contribution in [0.2, 0.25) is 0 Å². The second-order valence-corrected chi connectivity index (χ2v) is 6.90. The number of rotatable bonds is 7. The molecule has 1 aromatic heterocycles. The van der Waals surface area contributed by atoms with Gasteiger partial charge in [0.1, 0.15) is 0 Å². The number of nitrogens with zero attached hydrogens (tertiary/aromatic N) is 1. The van der Waals surface area contributed by atoms with Crippen molar-refractivity contribution in [2.24, 2.45) is 5.10 Å². The molecule has 0 aliphatic heterocycles. The minimum Gasteiger partial charge on any atom is -0.502 e. The Kier molecular flexibility index (Phi) is 6.66. The number of aromatic hydroxyl groups is 1. The van der Waals surface area contributed by atoms with E-state index in [1.165, 1.54) is 31.8 Å². The number of benzene rings is 2. The normalized spacial score (nSPS) is 10.6. The van der Waals surface area contributed by atoms with Gasteiger partial charge in [0.15, 0.2) is 11.5 Å². The van der Waals surface area contributed by atoms with Gasteiger partial charge in [-0.15, -0.1) is 11.3 Å². The van der Waals surface area contributed by atoms with Crippen LogP contribution in [0.3, 0.4) is 0 Å². The molecule has 3 rings (SSSR count). The maximum absolute atomic E-state index is 12.6. The molecular weight excluding hydrogens is 406 g/mol. The van der Waals surface area contributed by atoms with Crippen LogP contribution < -0.4 is 20.2 Å². The van der Waals surface area contributed by atoms with Crippen molar-refractivity contribution in [2.45, 2.75) is 0 Å². The Morgan fingerprint density at radius 1 is 1.03 bits per heavy atom. The summed E-state index contributed by atoms with van der Waals surface area (Å²) in [7, 11) is 2.83. The number of hydrazone groups is 1. The summed E-state index contributed by atoms with van der Waals surface area (Å²) >= 11 is 1.31. The van der Waals surface area contributed by atoms with Crippen LogP contribution >= 0.6 is 11.3 Å². The van der Waals surface area contributed by atoms with Crippen LogP contribution in [-0.4, -0.2) is 37.4 Å². The number of thiophene rings is 1. The number of carbonyl (C=O) groups excluding carboxylic acids is 2. The van der Waals surface area contributed by atoms with E-state index in [0.29, 0.717) is 16.1 Å². The van der Waals surface area contributed by atoms with Crippen molar-refractivity contribution >= 4 is 35.1 Å². The number of hydrogen-bond donors (Lipinski definition) is 3. The molecule has 0 radical (unpaired) electrons. The standard InChI is InChI=1S/C21H19N3O5S/c1-28-16-10-13(11-17(29-2)19(16)25)12-22-24-20(26)14-6-3-4-7-15(14)23-21(27)18-8-5-9-30-18/h3-12,25H,1-2H3,(H,23,27)(H,24,26). The van der Waals surface area contributed by atoms with Crippen LogP contribution in [0.1, 0.15) is 25.6 Å². The summed E-state index contributed by atoms with van der Waals surface area (Å²) in [6, 6.07) is 13.2. The summed E-state index contributed by atoms with van der Waals surface area (Å²) in [6.45, 7) is 0. The third kappa shape index (κ3) is 4.76. The van der Waals surface area contributed by atoms with Crippen LogP contribution in [0.25, 0.3) is 0 Å². The molecule has 0 aliphatic rings. The summed E-state index contributed by atoms with van der Waals surface area (Å²) in [4.78, 5) is 25.4. The van der Waals surface area contributed by atoms with Crippen molar-refractivity contribution in [1.29, 1.82) is 0 Å². The van der Waals surface area contributed by atoms with E-state index < -0.39 is 5.91 Å². The van der Waals surface area contributed by atoms with Crippen molar-refractivity contribution in [3.05, 3.63) is 69.9 Å². The second kappa shape index (κ2) is 9.57. The van der Waals surface area contributed by atoms with Gasteiger partial charge >= 0.3 is 0 Å². The highest BCUT2D eigenvalue weighted by atomic mass is 32.1. The fourth-order valence-corrected chi connectivity index (χ4v) is 3.21. The number of phenolic OH excluding ortho intramolecular Hbond substituents is 1. The van der Waals surface area contributed by atoms with Crippen molar-refractivity contribution in [3.63, 3.8) is 0 Å². The first-order valence-corrected chi connectivity index (χ1v) is 9.63. The van der Waals surface area contributed by atoms with Gasteiger partial charge in [0, 0.05) is 5.56 Å². The number of anilines is 1. The number of ether oxygens (including phenoxy) is 2. The molecule has 2 aromatic carbocycles. The third-order valence-corrected chi connectivity index (χ3v) is 4.92.